The predicted octanol–water partition coefficient (Wildman–Crippen LogP) is 1.27. The van der Waals surface area contributed by atoms with Crippen molar-refractivity contribution in [2.24, 2.45) is 5.92 Å². The van der Waals surface area contributed by atoms with E-state index in [4.69, 9.17) is 5.11 Å². The van der Waals surface area contributed by atoms with Crippen LogP contribution in [0.25, 0.3) is 0 Å². The van der Waals surface area contributed by atoms with Gasteiger partial charge < -0.3 is 5.11 Å². The number of rotatable bonds is 5. The second kappa shape index (κ2) is 4.06. The van der Waals surface area contributed by atoms with Crippen LogP contribution in [0.4, 0.5) is 0 Å². The first-order chi connectivity index (χ1) is 6.77. The van der Waals surface area contributed by atoms with Gasteiger partial charge >= 0.3 is 5.97 Å². The van der Waals surface area contributed by atoms with Gasteiger partial charge in [0.15, 0.2) is 0 Å². The summed E-state index contributed by atoms with van der Waals surface area (Å²) in [6, 6.07) is -0.637. The van der Waals surface area contributed by atoms with Crippen LogP contribution in [-0.4, -0.2) is 22.6 Å². The molecule has 1 aliphatic carbocycles. The zero-order valence-corrected chi connectivity index (χ0v) is 8.46. The quantitative estimate of drug-likeness (QED) is 0.771. The van der Waals surface area contributed by atoms with Crippen molar-refractivity contribution in [1.82, 2.24) is 10.3 Å². The van der Waals surface area contributed by atoms with Crippen LogP contribution in [0.3, 0.4) is 0 Å². The minimum atomic E-state index is -0.850. The zero-order chi connectivity index (χ0) is 9.97. The molecule has 76 valence electrons. The van der Waals surface area contributed by atoms with Crippen molar-refractivity contribution in [2.45, 2.75) is 18.9 Å². The topological polar surface area (TPSA) is 62.2 Å². The number of nitrogens with one attached hydrogen (secondary N) is 1. The Kier molecular flexibility index (Phi) is 2.79. The molecule has 1 heterocycles. The highest BCUT2D eigenvalue weighted by Gasteiger charge is 2.26. The molecule has 0 aromatic carbocycles. The number of carboxylic acid groups (broad SMARTS) is 1. The Morgan fingerprint density at radius 2 is 2.57 bits per heavy atom. The van der Waals surface area contributed by atoms with Crippen LogP contribution < -0.4 is 5.32 Å². The van der Waals surface area contributed by atoms with Gasteiger partial charge in [-0.3, -0.25) is 10.1 Å². The van der Waals surface area contributed by atoms with E-state index in [2.05, 4.69) is 10.3 Å². The molecule has 1 aliphatic rings. The average Bonchev–Trinajstić information content (AvgIpc) is 2.80. The number of hydrogen-bond acceptors (Lipinski definition) is 4. The van der Waals surface area contributed by atoms with E-state index >= 15 is 0 Å². The predicted molar refractivity (Wildman–Crippen MR) is 53.2 cm³/mol. The van der Waals surface area contributed by atoms with Crippen LogP contribution in [0.2, 0.25) is 0 Å². The lowest BCUT2D eigenvalue weighted by Gasteiger charge is -2.11. The minimum Gasteiger partial charge on any atom is -0.480 e. The van der Waals surface area contributed by atoms with Crippen molar-refractivity contribution < 1.29 is 9.90 Å². The molecule has 1 aromatic rings. The Bertz CT molecular complexity index is 309. The van der Waals surface area contributed by atoms with Gasteiger partial charge in [-0.1, -0.05) is 0 Å². The Hall–Kier alpha value is -0.940. The molecule has 1 unspecified atom stereocenters. The molecular formula is C9H12N2O2S. The Balaban J connectivity index is 1.96. The minimum absolute atomic E-state index is 0.614. The number of carboxylic acids is 1. The fourth-order valence-electron chi connectivity index (χ4n) is 1.29. The average molecular weight is 212 g/mol. The smallest absolute Gasteiger partial charge is 0.327 e. The molecule has 0 aliphatic heterocycles. The molecule has 14 heavy (non-hydrogen) atoms. The second-order valence-electron chi connectivity index (χ2n) is 3.54. The van der Waals surface area contributed by atoms with Crippen LogP contribution in [0.1, 0.15) is 24.6 Å². The highest BCUT2D eigenvalue weighted by atomic mass is 32.1. The molecule has 1 fully saturated rings. The molecule has 1 atom stereocenters. The highest BCUT2D eigenvalue weighted by Crippen LogP contribution is 2.28. The van der Waals surface area contributed by atoms with Crippen molar-refractivity contribution in [3.63, 3.8) is 0 Å². The largest absolute Gasteiger partial charge is 0.480 e. The molecule has 1 aromatic heterocycles. The van der Waals surface area contributed by atoms with E-state index in [1.54, 1.807) is 10.9 Å². The zero-order valence-electron chi connectivity index (χ0n) is 7.64. The monoisotopic (exact) mass is 212 g/mol. The summed E-state index contributed by atoms with van der Waals surface area (Å²) in [5.74, 6) is -0.174. The maximum atomic E-state index is 10.9. The number of hydrogen-bond donors (Lipinski definition) is 2. The Morgan fingerprint density at radius 3 is 3.07 bits per heavy atom. The number of thiazole rings is 1. The molecule has 0 spiro atoms. The molecule has 2 rings (SSSR count). The lowest BCUT2D eigenvalue weighted by molar-refractivity contribution is -0.139. The Morgan fingerprint density at radius 1 is 1.79 bits per heavy atom. The van der Waals surface area contributed by atoms with E-state index in [9.17, 15) is 4.79 Å². The summed E-state index contributed by atoms with van der Waals surface area (Å²) in [5.41, 5.74) is 2.27. The van der Waals surface area contributed by atoms with Gasteiger partial charge in [0, 0.05) is 5.38 Å². The Labute approximate surface area is 86.0 Å². The first kappa shape index (κ1) is 9.61. The second-order valence-corrected chi connectivity index (χ2v) is 4.25. The van der Waals surface area contributed by atoms with Gasteiger partial charge in [0.05, 0.1) is 11.2 Å². The van der Waals surface area contributed by atoms with Gasteiger partial charge in [0.25, 0.3) is 0 Å². The molecule has 5 heteroatoms. The summed E-state index contributed by atoms with van der Waals surface area (Å²) in [6.07, 6.45) is 2.44. The van der Waals surface area contributed by atoms with Crippen molar-refractivity contribution >= 4 is 17.3 Å². The van der Waals surface area contributed by atoms with Gasteiger partial charge in [-0.2, -0.15) is 0 Å². The van der Waals surface area contributed by atoms with Crippen LogP contribution in [0.15, 0.2) is 10.9 Å². The first-order valence-corrected chi connectivity index (χ1v) is 5.56. The van der Waals surface area contributed by atoms with E-state index in [1.165, 1.54) is 24.2 Å². The number of nitrogens with zero attached hydrogens (tertiary/aromatic N) is 1. The molecule has 0 radical (unpaired) electrons. The summed E-state index contributed by atoms with van der Waals surface area (Å²) in [4.78, 5) is 14.9. The first-order valence-electron chi connectivity index (χ1n) is 4.61. The van der Waals surface area contributed by atoms with Crippen molar-refractivity contribution in [3.05, 3.63) is 16.6 Å². The molecular weight excluding hydrogens is 200 g/mol. The van der Waals surface area contributed by atoms with E-state index in [0.29, 0.717) is 11.6 Å². The summed E-state index contributed by atoms with van der Waals surface area (Å²) < 4.78 is 0. The third kappa shape index (κ3) is 2.30. The summed E-state index contributed by atoms with van der Waals surface area (Å²) in [5, 5.41) is 13.8. The van der Waals surface area contributed by atoms with Crippen molar-refractivity contribution in [3.8, 4) is 0 Å². The van der Waals surface area contributed by atoms with E-state index in [-0.39, 0.29) is 0 Å². The lowest BCUT2D eigenvalue weighted by atomic mass is 10.2. The number of aromatic nitrogens is 1. The maximum absolute atomic E-state index is 10.9. The van der Waals surface area contributed by atoms with Crippen LogP contribution >= 0.6 is 11.3 Å². The molecule has 1 saturated carbocycles. The standard InChI is InChI=1S/C9H12N2O2S/c12-9(13)8(7-4-14-5-11-7)10-3-6-1-2-6/h4-6,8,10H,1-3H2,(H,12,13). The van der Waals surface area contributed by atoms with Gasteiger partial charge in [-0.05, 0) is 25.3 Å². The van der Waals surface area contributed by atoms with Gasteiger partial charge in [-0.25, -0.2) is 4.98 Å². The normalized spacial score (nSPS) is 18.0. The van der Waals surface area contributed by atoms with E-state index in [1.807, 2.05) is 0 Å². The van der Waals surface area contributed by atoms with Crippen LogP contribution in [0, 0.1) is 5.92 Å². The third-order valence-electron chi connectivity index (χ3n) is 2.30. The maximum Gasteiger partial charge on any atom is 0.327 e. The summed E-state index contributed by atoms with van der Waals surface area (Å²) >= 11 is 1.42. The molecule has 2 N–H and O–H groups in total. The number of aliphatic carboxylic acids is 1. The molecule has 0 bridgehead atoms. The molecule has 0 amide bonds. The lowest BCUT2D eigenvalue weighted by Crippen LogP contribution is -2.30. The summed E-state index contributed by atoms with van der Waals surface area (Å²) in [7, 11) is 0. The van der Waals surface area contributed by atoms with Crippen molar-refractivity contribution in [2.75, 3.05) is 6.54 Å². The van der Waals surface area contributed by atoms with Crippen LogP contribution in [0.5, 0.6) is 0 Å². The summed E-state index contributed by atoms with van der Waals surface area (Å²) in [6.45, 7) is 0.786. The highest BCUT2D eigenvalue weighted by molar-refractivity contribution is 7.07. The van der Waals surface area contributed by atoms with Gasteiger partial charge in [0.2, 0.25) is 0 Å². The van der Waals surface area contributed by atoms with E-state index < -0.39 is 12.0 Å². The van der Waals surface area contributed by atoms with Gasteiger partial charge in [-0.15, -0.1) is 11.3 Å². The SMILES string of the molecule is O=C(O)C(NCC1CC1)c1cscn1. The number of carbonyl (C=O) groups is 1. The fourth-order valence-corrected chi connectivity index (χ4v) is 1.87. The van der Waals surface area contributed by atoms with Crippen LogP contribution in [-0.2, 0) is 4.79 Å². The fraction of sp³-hybridized carbons (Fsp3) is 0.556. The van der Waals surface area contributed by atoms with E-state index in [0.717, 1.165) is 6.54 Å². The van der Waals surface area contributed by atoms with Gasteiger partial charge in [0.1, 0.15) is 6.04 Å². The molecule has 0 saturated heterocycles. The third-order valence-corrected chi connectivity index (χ3v) is 2.91. The molecule has 4 nitrogen and oxygen atoms in total. The van der Waals surface area contributed by atoms with Crippen molar-refractivity contribution in [1.29, 1.82) is 0 Å².